The molecular formula is C18H21N3O. The van der Waals surface area contributed by atoms with Crippen LogP contribution < -0.4 is 10.6 Å². The first-order chi connectivity index (χ1) is 10.4. The van der Waals surface area contributed by atoms with Gasteiger partial charge < -0.3 is 10.6 Å². The molecule has 0 unspecified atom stereocenters. The van der Waals surface area contributed by atoms with E-state index < -0.39 is 5.54 Å². The fourth-order valence-electron chi connectivity index (χ4n) is 2.12. The molecule has 0 spiro atoms. The molecule has 22 heavy (non-hydrogen) atoms. The highest BCUT2D eigenvalue weighted by Gasteiger charge is 2.29. The van der Waals surface area contributed by atoms with Crippen molar-refractivity contribution < 1.29 is 4.79 Å². The molecule has 0 bridgehead atoms. The number of nitriles is 1. The number of carbonyl (C=O) groups is 1. The Morgan fingerprint density at radius 1 is 1.23 bits per heavy atom. The van der Waals surface area contributed by atoms with Gasteiger partial charge in [-0.2, -0.15) is 5.26 Å². The lowest BCUT2D eigenvalue weighted by molar-refractivity contribution is -0.121. The van der Waals surface area contributed by atoms with E-state index in [1.165, 1.54) is 0 Å². The van der Waals surface area contributed by atoms with Gasteiger partial charge in [0.15, 0.2) is 0 Å². The lowest BCUT2D eigenvalue weighted by Crippen LogP contribution is -2.50. The maximum Gasteiger partial charge on any atom is 0.240 e. The minimum Gasteiger partial charge on any atom is -0.376 e. The SMILES string of the molecule is CC(C)[C@@](C)(C#N)NC(=O)CNc1ccc2ccccc2c1. The number of rotatable bonds is 5. The number of hydrogen-bond donors (Lipinski definition) is 2. The largest absolute Gasteiger partial charge is 0.376 e. The van der Waals surface area contributed by atoms with Crippen LogP contribution in [0.25, 0.3) is 10.8 Å². The Balaban J connectivity index is 1.99. The number of amides is 1. The van der Waals surface area contributed by atoms with Gasteiger partial charge in [0.25, 0.3) is 0 Å². The van der Waals surface area contributed by atoms with Crippen molar-refractivity contribution in [1.82, 2.24) is 5.32 Å². The van der Waals surface area contributed by atoms with Crippen LogP contribution in [-0.2, 0) is 4.79 Å². The van der Waals surface area contributed by atoms with Crippen molar-refractivity contribution >= 4 is 22.4 Å². The van der Waals surface area contributed by atoms with Gasteiger partial charge in [-0.05, 0) is 35.7 Å². The predicted molar refractivity (Wildman–Crippen MR) is 89.4 cm³/mol. The summed E-state index contributed by atoms with van der Waals surface area (Å²) in [5.41, 5.74) is 0.0411. The lowest BCUT2D eigenvalue weighted by atomic mass is 9.90. The highest BCUT2D eigenvalue weighted by molar-refractivity contribution is 5.87. The van der Waals surface area contributed by atoms with Crippen molar-refractivity contribution in [1.29, 1.82) is 5.26 Å². The van der Waals surface area contributed by atoms with E-state index in [2.05, 4.69) is 16.7 Å². The van der Waals surface area contributed by atoms with Crippen LogP contribution in [0.4, 0.5) is 5.69 Å². The van der Waals surface area contributed by atoms with Gasteiger partial charge in [0.2, 0.25) is 5.91 Å². The van der Waals surface area contributed by atoms with E-state index >= 15 is 0 Å². The van der Waals surface area contributed by atoms with Crippen LogP contribution in [0.3, 0.4) is 0 Å². The zero-order valence-corrected chi connectivity index (χ0v) is 13.2. The van der Waals surface area contributed by atoms with Crippen LogP contribution in [0.15, 0.2) is 42.5 Å². The van der Waals surface area contributed by atoms with Gasteiger partial charge in [-0.3, -0.25) is 4.79 Å². The lowest BCUT2D eigenvalue weighted by Gasteiger charge is -2.27. The number of nitrogens with zero attached hydrogens (tertiary/aromatic N) is 1. The van der Waals surface area contributed by atoms with Crippen LogP contribution in [0.1, 0.15) is 20.8 Å². The highest BCUT2D eigenvalue weighted by Crippen LogP contribution is 2.19. The summed E-state index contributed by atoms with van der Waals surface area (Å²) < 4.78 is 0. The van der Waals surface area contributed by atoms with Crippen molar-refractivity contribution in [2.45, 2.75) is 26.3 Å². The molecule has 0 saturated heterocycles. The van der Waals surface area contributed by atoms with E-state index in [4.69, 9.17) is 0 Å². The molecule has 114 valence electrons. The summed E-state index contributed by atoms with van der Waals surface area (Å²) in [5, 5.41) is 17.4. The second-order valence-corrected chi connectivity index (χ2v) is 5.93. The molecule has 0 heterocycles. The summed E-state index contributed by atoms with van der Waals surface area (Å²) in [7, 11) is 0. The fourth-order valence-corrected chi connectivity index (χ4v) is 2.12. The number of carbonyl (C=O) groups excluding carboxylic acids is 1. The topological polar surface area (TPSA) is 64.9 Å². The van der Waals surface area contributed by atoms with Gasteiger partial charge >= 0.3 is 0 Å². The zero-order chi connectivity index (χ0) is 16.2. The van der Waals surface area contributed by atoms with Crippen LogP contribution in [0.2, 0.25) is 0 Å². The maximum atomic E-state index is 12.0. The average Bonchev–Trinajstić information content (AvgIpc) is 2.52. The van der Waals surface area contributed by atoms with E-state index in [1.54, 1.807) is 6.92 Å². The van der Waals surface area contributed by atoms with Crippen molar-refractivity contribution in [3.05, 3.63) is 42.5 Å². The Labute approximate surface area is 131 Å². The third kappa shape index (κ3) is 3.56. The Morgan fingerprint density at radius 3 is 2.55 bits per heavy atom. The van der Waals surface area contributed by atoms with E-state index in [1.807, 2.05) is 56.3 Å². The third-order valence-corrected chi connectivity index (χ3v) is 3.99. The molecule has 0 aliphatic rings. The minimum absolute atomic E-state index is 0.0436. The maximum absolute atomic E-state index is 12.0. The molecule has 2 rings (SSSR count). The van der Waals surface area contributed by atoms with Crippen LogP contribution in [0, 0.1) is 17.2 Å². The summed E-state index contributed by atoms with van der Waals surface area (Å²) in [6.07, 6.45) is 0. The average molecular weight is 295 g/mol. The standard InChI is InChI=1S/C18H21N3O/c1-13(2)18(3,12-19)21-17(22)11-20-16-9-8-14-6-4-5-7-15(14)10-16/h4-10,13,20H,11H2,1-3H3,(H,21,22)/t18-/m1/s1. The predicted octanol–water partition coefficient (Wildman–Crippen LogP) is 3.31. The molecule has 0 aliphatic heterocycles. The van der Waals surface area contributed by atoms with Gasteiger partial charge in [0, 0.05) is 5.69 Å². The van der Waals surface area contributed by atoms with E-state index in [0.717, 1.165) is 16.5 Å². The van der Waals surface area contributed by atoms with Gasteiger partial charge in [-0.1, -0.05) is 44.2 Å². The van der Waals surface area contributed by atoms with E-state index in [0.29, 0.717) is 0 Å². The number of hydrogen-bond acceptors (Lipinski definition) is 3. The normalized spacial score (nSPS) is 13.4. The summed E-state index contributed by atoms with van der Waals surface area (Å²) in [5.74, 6) is -0.145. The molecule has 0 saturated carbocycles. The summed E-state index contributed by atoms with van der Waals surface area (Å²) in [6, 6.07) is 16.2. The molecule has 0 radical (unpaired) electrons. The second kappa shape index (κ2) is 6.48. The van der Waals surface area contributed by atoms with Crippen LogP contribution in [-0.4, -0.2) is 18.0 Å². The molecule has 2 aromatic carbocycles. The number of nitrogens with one attached hydrogen (secondary N) is 2. The van der Waals surface area contributed by atoms with Crippen LogP contribution >= 0.6 is 0 Å². The van der Waals surface area contributed by atoms with Crippen molar-refractivity contribution in [3.8, 4) is 6.07 Å². The fraction of sp³-hybridized carbons (Fsp3) is 0.333. The smallest absolute Gasteiger partial charge is 0.240 e. The van der Waals surface area contributed by atoms with Gasteiger partial charge in [-0.15, -0.1) is 0 Å². The summed E-state index contributed by atoms with van der Waals surface area (Å²) in [4.78, 5) is 12.0. The van der Waals surface area contributed by atoms with Crippen molar-refractivity contribution in [2.24, 2.45) is 5.92 Å². The summed E-state index contributed by atoms with van der Waals surface area (Å²) in [6.45, 7) is 5.72. The molecule has 0 aliphatic carbocycles. The Kier molecular flexibility index (Phi) is 4.67. The Bertz CT molecular complexity index is 718. The number of fused-ring (bicyclic) bond motifs is 1. The number of anilines is 1. The molecule has 1 atom stereocenters. The molecule has 2 N–H and O–H groups in total. The third-order valence-electron chi connectivity index (χ3n) is 3.99. The van der Waals surface area contributed by atoms with Gasteiger partial charge in [0.1, 0.15) is 5.54 Å². The molecule has 4 heteroatoms. The van der Waals surface area contributed by atoms with Crippen LogP contribution in [0.5, 0.6) is 0 Å². The van der Waals surface area contributed by atoms with Crippen molar-refractivity contribution in [3.63, 3.8) is 0 Å². The Hall–Kier alpha value is -2.54. The highest BCUT2D eigenvalue weighted by atomic mass is 16.2. The van der Waals surface area contributed by atoms with E-state index in [-0.39, 0.29) is 18.4 Å². The monoisotopic (exact) mass is 295 g/mol. The van der Waals surface area contributed by atoms with Gasteiger partial charge in [0.05, 0.1) is 12.6 Å². The Morgan fingerprint density at radius 2 is 1.91 bits per heavy atom. The summed E-state index contributed by atoms with van der Waals surface area (Å²) >= 11 is 0. The molecule has 0 aromatic heterocycles. The van der Waals surface area contributed by atoms with Gasteiger partial charge in [-0.25, -0.2) is 0 Å². The first-order valence-corrected chi connectivity index (χ1v) is 7.39. The minimum atomic E-state index is -0.845. The molecule has 0 fully saturated rings. The quantitative estimate of drug-likeness (QED) is 0.889. The molecule has 2 aromatic rings. The molecule has 1 amide bonds. The first kappa shape index (κ1) is 15.8. The van der Waals surface area contributed by atoms with E-state index in [9.17, 15) is 10.1 Å². The van der Waals surface area contributed by atoms with Crippen molar-refractivity contribution in [2.75, 3.05) is 11.9 Å². The first-order valence-electron chi connectivity index (χ1n) is 7.39. The number of benzene rings is 2. The zero-order valence-electron chi connectivity index (χ0n) is 13.2. The second-order valence-electron chi connectivity index (χ2n) is 5.93. The molecule has 4 nitrogen and oxygen atoms in total. The molecular weight excluding hydrogens is 274 g/mol.